The molecule has 0 atom stereocenters. The van der Waals surface area contributed by atoms with E-state index in [2.05, 4.69) is 4.74 Å². The summed E-state index contributed by atoms with van der Waals surface area (Å²) in [5.41, 5.74) is -1.01. The molecule has 1 aromatic carbocycles. The number of benzene rings is 1. The molecule has 0 heterocycles. The predicted molar refractivity (Wildman–Crippen MR) is 62.2 cm³/mol. The highest BCUT2D eigenvalue weighted by molar-refractivity contribution is 6.68. The fraction of sp³-hybridized carbons (Fsp3) is 0.273. The van der Waals surface area contributed by atoms with Crippen LogP contribution in [-0.4, -0.2) is 18.1 Å². The zero-order valence-corrected chi connectivity index (χ0v) is 10.5. The van der Waals surface area contributed by atoms with E-state index < -0.39 is 23.2 Å². The van der Waals surface area contributed by atoms with Crippen LogP contribution in [0.4, 0.5) is 28.4 Å². The number of hydrogen-bond donors (Lipinski definition) is 0. The summed E-state index contributed by atoms with van der Waals surface area (Å²) < 4.78 is 41.7. The number of carbonyl (C=O) groups is 2. The fourth-order valence-electron chi connectivity index (χ4n) is 1.27. The second-order valence-corrected chi connectivity index (χ2v) is 3.66. The number of nitrogens with zero attached hydrogens (tertiary/aromatic N) is 1. The molecule has 0 N–H and O–H groups in total. The normalized spacial score (nSPS) is 11.0. The molecule has 0 fully saturated rings. The van der Waals surface area contributed by atoms with Crippen molar-refractivity contribution >= 4 is 28.7 Å². The van der Waals surface area contributed by atoms with E-state index in [9.17, 15) is 22.8 Å². The summed E-state index contributed by atoms with van der Waals surface area (Å²) in [7, 11) is 0. The van der Waals surface area contributed by atoms with E-state index in [4.69, 9.17) is 11.6 Å². The van der Waals surface area contributed by atoms with Crippen LogP contribution in [0, 0.1) is 0 Å². The monoisotopic (exact) mass is 295 g/mol. The molecule has 0 aromatic heterocycles. The number of anilines is 1. The molecule has 8 heteroatoms. The zero-order valence-electron chi connectivity index (χ0n) is 9.70. The van der Waals surface area contributed by atoms with Gasteiger partial charge in [0.2, 0.25) is 0 Å². The first-order valence-electron chi connectivity index (χ1n) is 5.11. The van der Waals surface area contributed by atoms with Crippen LogP contribution in [-0.2, 0) is 10.9 Å². The van der Waals surface area contributed by atoms with Crippen molar-refractivity contribution in [3.63, 3.8) is 0 Å². The van der Waals surface area contributed by atoms with Gasteiger partial charge >= 0.3 is 17.6 Å². The average Bonchev–Trinajstić information content (AvgIpc) is 2.28. The lowest BCUT2D eigenvalue weighted by Crippen LogP contribution is -2.33. The van der Waals surface area contributed by atoms with Gasteiger partial charge in [0.05, 0.1) is 17.9 Å². The van der Waals surface area contributed by atoms with Crippen molar-refractivity contribution in [2.75, 3.05) is 11.5 Å². The summed E-state index contributed by atoms with van der Waals surface area (Å²) >= 11 is 5.20. The quantitative estimate of drug-likeness (QED) is 0.611. The van der Waals surface area contributed by atoms with Gasteiger partial charge in [-0.15, -0.1) is 0 Å². The molecule has 4 nitrogen and oxygen atoms in total. The SMILES string of the molecule is CCOC(=O)N(C(=O)Cl)c1ccc(C(F)(F)F)cc1. The van der Waals surface area contributed by atoms with E-state index >= 15 is 0 Å². The molecule has 2 amide bonds. The van der Waals surface area contributed by atoms with Crippen molar-refractivity contribution in [2.45, 2.75) is 13.1 Å². The molecule has 0 spiro atoms. The standard InChI is InChI=1S/C11H9ClF3NO3/c1-2-19-10(18)16(9(12)17)8-5-3-7(4-6-8)11(13,14)15/h3-6H,2H2,1H3. The molecule has 0 radical (unpaired) electrons. The fourth-order valence-corrected chi connectivity index (χ4v) is 1.43. The largest absolute Gasteiger partial charge is 0.449 e. The van der Waals surface area contributed by atoms with Gasteiger partial charge in [0.25, 0.3) is 0 Å². The number of ether oxygens (including phenoxy) is 1. The molecular formula is C11H9ClF3NO3. The van der Waals surface area contributed by atoms with Crippen LogP contribution < -0.4 is 4.90 Å². The summed E-state index contributed by atoms with van der Waals surface area (Å²) in [6, 6.07) is 3.39. The van der Waals surface area contributed by atoms with Crippen LogP contribution in [0.1, 0.15) is 12.5 Å². The Kier molecular flexibility index (Phi) is 4.77. The molecule has 0 aliphatic rings. The van der Waals surface area contributed by atoms with Gasteiger partial charge in [-0.1, -0.05) is 0 Å². The third kappa shape index (κ3) is 3.85. The number of rotatable bonds is 2. The Morgan fingerprint density at radius 1 is 1.26 bits per heavy atom. The van der Waals surface area contributed by atoms with Crippen molar-refractivity contribution in [1.29, 1.82) is 0 Å². The first kappa shape index (κ1) is 15.3. The summed E-state index contributed by atoms with van der Waals surface area (Å²) in [4.78, 5) is 23.0. The van der Waals surface area contributed by atoms with Gasteiger partial charge in [-0.2, -0.15) is 13.2 Å². The van der Waals surface area contributed by atoms with Crippen LogP contribution >= 0.6 is 11.6 Å². The molecule has 19 heavy (non-hydrogen) atoms. The lowest BCUT2D eigenvalue weighted by atomic mass is 10.2. The van der Waals surface area contributed by atoms with Gasteiger partial charge in [0, 0.05) is 0 Å². The third-order valence-electron chi connectivity index (χ3n) is 2.08. The molecular weight excluding hydrogens is 287 g/mol. The van der Waals surface area contributed by atoms with Crippen molar-refractivity contribution < 1.29 is 27.5 Å². The molecule has 0 aliphatic carbocycles. The lowest BCUT2D eigenvalue weighted by Gasteiger charge is -2.17. The molecule has 0 bridgehead atoms. The molecule has 1 aromatic rings. The second-order valence-electron chi connectivity index (χ2n) is 3.33. The van der Waals surface area contributed by atoms with Crippen LogP contribution in [0.15, 0.2) is 24.3 Å². The highest BCUT2D eigenvalue weighted by atomic mass is 35.5. The first-order valence-corrected chi connectivity index (χ1v) is 5.48. The van der Waals surface area contributed by atoms with Gasteiger partial charge in [0.1, 0.15) is 0 Å². The van der Waals surface area contributed by atoms with Crippen molar-refractivity contribution in [3.05, 3.63) is 29.8 Å². The number of hydrogen-bond acceptors (Lipinski definition) is 3. The summed E-state index contributed by atoms with van der Waals surface area (Å²) in [5, 5.41) is -1.17. The van der Waals surface area contributed by atoms with Crippen molar-refractivity contribution in [2.24, 2.45) is 0 Å². The van der Waals surface area contributed by atoms with Crippen LogP contribution in [0.5, 0.6) is 0 Å². The minimum atomic E-state index is -4.50. The van der Waals surface area contributed by atoms with E-state index in [1.165, 1.54) is 6.92 Å². The molecule has 0 aliphatic heterocycles. The van der Waals surface area contributed by atoms with Gasteiger partial charge in [-0.05, 0) is 42.8 Å². The highest BCUT2D eigenvalue weighted by Gasteiger charge is 2.31. The number of alkyl halides is 3. The second kappa shape index (κ2) is 5.92. The van der Waals surface area contributed by atoms with E-state index in [-0.39, 0.29) is 12.3 Å². The van der Waals surface area contributed by atoms with Gasteiger partial charge in [0.15, 0.2) is 0 Å². The molecule has 0 saturated heterocycles. The van der Waals surface area contributed by atoms with E-state index in [0.29, 0.717) is 4.90 Å². The molecule has 0 saturated carbocycles. The van der Waals surface area contributed by atoms with Crippen LogP contribution in [0.2, 0.25) is 0 Å². The zero-order chi connectivity index (χ0) is 14.6. The Morgan fingerprint density at radius 2 is 1.79 bits per heavy atom. The summed E-state index contributed by atoms with van der Waals surface area (Å²) in [6.07, 6.45) is -5.56. The molecule has 104 valence electrons. The minimum Gasteiger partial charge on any atom is -0.449 e. The number of halogens is 4. The highest BCUT2D eigenvalue weighted by Crippen LogP contribution is 2.30. The van der Waals surface area contributed by atoms with Crippen molar-refractivity contribution in [1.82, 2.24) is 0 Å². The summed E-state index contributed by atoms with van der Waals surface area (Å²) in [6.45, 7) is 1.52. The topological polar surface area (TPSA) is 46.6 Å². The Hall–Kier alpha value is -1.76. The lowest BCUT2D eigenvalue weighted by molar-refractivity contribution is -0.137. The predicted octanol–water partition coefficient (Wildman–Crippen LogP) is 4.03. The van der Waals surface area contributed by atoms with E-state index in [1.807, 2.05) is 0 Å². The average molecular weight is 296 g/mol. The maximum atomic E-state index is 12.4. The van der Waals surface area contributed by atoms with E-state index in [0.717, 1.165) is 24.3 Å². The number of carbonyl (C=O) groups excluding carboxylic acids is 2. The molecule has 1 rings (SSSR count). The molecule has 0 unspecified atom stereocenters. The Balaban J connectivity index is 3.05. The maximum Gasteiger partial charge on any atom is 0.422 e. The Bertz CT molecular complexity index is 473. The van der Waals surface area contributed by atoms with Crippen LogP contribution in [0.3, 0.4) is 0 Å². The number of imide groups is 1. The maximum absolute atomic E-state index is 12.4. The third-order valence-corrected chi connectivity index (χ3v) is 2.25. The van der Waals surface area contributed by atoms with Gasteiger partial charge in [-0.25, -0.2) is 9.69 Å². The Labute approximate surface area is 111 Å². The minimum absolute atomic E-state index is 0.000136. The van der Waals surface area contributed by atoms with Crippen LogP contribution in [0.25, 0.3) is 0 Å². The van der Waals surface area contributed by atoms with E-state index in [1.54, 1.807) is 0 Å². The first-order chi connectivity index (χ1) is 8.77. The van der Waals surface area contributed by atoms with Gasteiger partial charge in [-0.3, -0.25) is 4.79 Å². The van der Waals surface area contributed by atoms with Crippen molar-refractivity contribution in [3.8, 4) is 0 Å². The Morgan fingerprint density at radius 3 is 2.16 bits per heavy atom. The smallest absolute Gasteiger partial charge is 0.422 e. The number of amides is 2. The van der Waals surface area contributed by atoms with Gasteiger partial charge < -0.3 is 4.74 Å². The summed E-state index contributed by atoms with van der Waals surface area (Å²) in [5.74, 6) is 0.